The predicted octanol–water partition coefficient (Wildman–Crippen LogP) is 3.27. The Morgan fingerprint density at radius 3 is 2.33 bits per heavy atom. The zero-order chi connectivity index (χ0) is 21.9. The van der Waals surface area contributed by atoms with Crippen LogP contribution in [-0.2, 0) is 21.2 Å². The molecule has 0 atom stereocenters. The van der Waals surface area contributed by atoms with Gasteiger partial charge >= 0.3 is 0 Å². The highest BCUT2D eigenvalue weighted by molar-refractivity contribution is 7.89. The van der Waals surface area contributed by atoms with E-state index in [0.717, 1.165) is 24.1 Å². The molecule has 0 aromatic heterocycles. The molecule has 30 heavy (non-hydrogen) atoms. The Balaban J connectivity index is 1.76. The van der Waals surface area contributed by atoms with Crippen molar-refractivity contribution in [3.8, 4) is 0 Å². The number of nitrogens with zero attached hydrogens (tertiary/aromatic N) is 2. The molecule has 3 rings (SSSR count). The molecule has 0 fully saturated rings. The van der Waals surface area contributed by atoms with E-state index in [1.165, 1.54) is 28.6 Å². The van der Waals surface area contributed by atoms with Crippen LogP contribution in [0.2, 0.25) is 0 Å². The first-order chi connectivity index (χ1) is 14.3. The van der Waals surface area contributed by atoms with Crippen molar-refractivity contribution in [2.45, 2.75) is 38.5 Å². The van der Waals surface area contributed by atoms with E-state index in [9.17, 15) is 18.0 Å². The molecule has 0 saturated heterocycles. The molecule has 0 saturated carbocycles. The summed E-state index contributed by atoms with van der Waals surface area (Å²) in [5, 5.41) is 2.85. The maximum Gasteiger partial charge on any atom is 0.255 e. The molecule has 7 nitrogen and oxygen atoms in total. The fourth-order valence-corrected chi connectivity index (χ4v) is 5.15. The van der Waals surface area contributed by atoms with Gasteiger partial charge in [-0.15, -0.1) is 0 Å². The van der Waals surface area contributed by atoms with E-state index in [0.29, 0.717) is 30.9 Å². The van der Waals surface area contributed by atoms with Gasteiger partial charge in [-0.25, -0.2) is 8.42 Å². The zero-order valence-electron chi connectivity index (χ0n) is 17.5. The molecule has 1 N–H and O–H groups in total. The first-order valence-electron chi connectivity index (χ1n) is 10.1. The van der Waals surface area contributed by atoms with Gasteiger partial charge in [0.1, 0.15) is 0 Å². The molecule has 160 valence electrons. The minimum atomic E-state index is -3.56. The molecule has 8 heteroatoms. The SMILES string of the molecule is CCN(CC)S(=O)(=O)c1ccc(C(=O)Nc2ccc3c(c2)CCCN3C(C)=O)cc1. The normalized spacial score (nSPS) is 13.8. The van der Waals surface area contributed by atoms with Gasteiger partial charge in [-0.1, -0.05) is 13.8 Å². The quantitative estimate of drug-likeness (QED) is 0.764. The molecule has 1 aliphatic rings. The first-order valence-corrected chi connectivity index (χ1v) is 11.5. The van der Waals surface area contributed by atoms with Crippen molar-refractivity contribution in [3.05, 3.63) is 53.6 Å². The molecular weight excluding hydrogens is 402 g/mol. The number of nitrogens with one attached hydrogen (secondary N) is 1. The number of rotatable bonds is 6. The van der Waals surface area contributed by atoms with Crippen molar-refractivity contribution in [1.82, 2.24) is 4.31 Å². The van der Waals surface area contributed by atoms with Gasteiger partial charge in [0.05, 0.1) is 4.90 Å². The van der Waals surface area contributed by atoms with Gasteiger partial charge in [-0.05, 0) is 60.9 Å². The number of fused-ring (bicyclic) bond motifs is 1. The second kappa shape index (κ2) is 8.97. The highest BCUT2D eigenvalue weighted by Crippen LogP contribution is 2.30. The van der Waals surface area contributed by atoms with Gasteiger partial charge in [0.15, 0.2) is 0 Å². The molecule has 0 radical (unpaired) electrons. The van der Waals surface area contributed by atoms with Crippen LogP contribution in [0.5, 0.6) is 0 Å². The number of hydrogen-bond acceptors (Lipinski definition) is 4. The number of sulfonamides is 1. The lowest BCUT2D eigenvalue weighted by molar-refractivity contribution is -0.116. The molecule has 0 unspecified atom stereocenters. The second-order valence-electron chi connectivity index (χ2n) is 7.19. The lowest BCUT2D eigenvalue weighted by atomic mass is 10.0. The van der Waals surface area contributed by atoms with Crippen LogP contribution < -0.4 is 10.2 Å². The molecule has 2 aromatic rings. The largest absolute Gasteiger partial charge is 0.322 e. The maximum absolute atomic E-state index is 12.6. The molecule has 2 amide bonds. The van der Waals surface area contributed by atoms with Crippen LogP contribution in [0.1, 0.15) is 43.1 Å². The Morgan fingerprint density at radius 1 is 1.07 bits per heavy atom. The standard InChI is InChI=1S/C22H27N3O4S/c1-4-24(5-2)30(28,29)20-11-8-17(9-12-20)22(27)23-19-10-13-21-18(15-19)7-6-14-25(21)16(3)26/h8-13,15H,4-7,14H2,1-3H3,(H,23,27). The summed E-state index contributed by atoms with van der Waals surface area (Å²) in [6.07, 6.45) is 1.73. The van der Waals surface area contributed by atoms with Gasteiger partial charge in [-0.2, -0.15) is 4.31 Å². The molecule has 2 aromatic carbocycles. The van der Waals surface area contributed by atoms with Gasteiger partial charge in [-0.3, -0.25) is 9.59 Å². The van der Waals surface area contributed by atoms with Crippen molar-refractivity contribution in [3.63, 3.8) is 0 Å². The van der Waals surface area contributed by atoms with Crippen LogP contribution in [-0.4, -0.2) is 44.2 Å². The molecule has 1 heterocycles. The molecule has 0 bridgehead atoms. The number of carbonyl (C=O) groups excluding carboxylic acids is 2. The lowest BCUT2D eigenvalue weighted by Gasteiger charge is -2.29. The summed E-state index contributed by atoms with van der Waals surface area (Å²) < 4.78 is 26.5. The first kappa shape index (κ1) is 22.0. The summed E-state index contributed by atoms with van der Waals surface area (Å²) in [6, 6.07) is 11.5. The number of aryl methyl sites for hydroxylation is 1. The fraction of sp³-hybridized carbons (Fsp3) is 0.364. The van der Waals surface area contributed by atoms with Gasteiger partial charge < -0.3 is 10.2 Å². The van der Waals surface area contributed by atoms with E-state index in [1.54, 1.807) is 31.7 Å². The number of carbonyl (C=O) groups is 2. The minimum absolute atomic E-state index is 0.00693. The van der Waals surface area contributed by atoms with E-state index in [2.05, 4.69) is 5.32 Å². The van der Waals surface area contributed by atoms with Crippen molar-refractivity contribution in [2.75, 3.05) is 29.9 Å². The van der Waals surface area contributed by atoms with Crippen molar-refractivity contribution in [2.24, 2.45) is 0 Å². The van der Waals surface area contributed by atoms with Crippen LogP contribution in [0.4, 0.5) is 11.4 Å². The maximum atomic E-state index is 12.6. The van der Waals surface area contributed by atoms with Crippen molar-refractivity contribution < 1.29 is 18.0 Å². The monoisotopic (exact) mass is 429 g/mol. The Bertz CT molecular complexity index is 1040. The number of amides is 2. The lowest BCUT2D eigenvalue weighted by Crippen LogP contribution is -2.33. The summed E-state index contributed by atoms with van der Waals surface area (Å²) in [5.41, 5.74) is 2.92. The molecule has 1 aliphatic heterocycles. The summed E-state index contributed by atoms with van der Waals surface area (Å²) in [4.78, 5) is 26.3. The topological polar surface area (TPSA) is 86.8 Å². The van der Waals surface area contributed by atoms with Crippen LogP contribution >= 0.6 is 0 Å². The Kier molecular flexibility index (Phi) is 6.58. The average Bonchev–Trinajstić information content (AvgIpc) is 2.73. The van der Waals surface area contributed by atoms with Gasteiger partial charge in [0.2, 0.25) is 15.9 Å². The summed E-state index contributed by atoms with van der Waals surface area (Å²) in [7, 11) is -3.56. The van der Waals surface area contributed by atoms with Crippen molar-refractivity contribution >= 4 is 33.2 Å². The predicted molar refractivity (Wildman–Crippen MR) is 117 cm³/mol. The van der Waals surface area contributed by atoms with E-state index in [1.807, 2.05) is 12.1 Å². The smallest absolute Gasteiger partial charge is 0.255 e. The number of benzene rings is 2. The summed E-state index contributed by atoms with van der Waals surface area (Å²) >= 11 is 0. The van der Waals surface area contributed by atoms with E-state index < -0.39 is 10.0 Å². The van der Waals surface area contributed by atoms with Gasteiger partial charge in [0.25, 0.3) is 5.91 Å². The Morgan fingerprint density at radius 2 is 1.73 bits per heavy atom. The Labute approximate surface area is 177 Å². The van der Waals surface area contributed by atoms with E-state index >= 15 is 0 Å². The van der Waals surface area contributed by atoms with Crippen LogP contribution in [0.25, 0.3) is 0 Å². The second-order valence-corrected chi connectivity index (χ2v) is 9.12. The van der Waals surface area contributed by atoms with Crippen molar-refractivity contribution in [1.29, 1.82) is 0 Å². The third-order valence-electron chi connectivity index (χ3n) is 5.30. The van der Waals surface area contributed by atoms with Crippen LogP contribution in [0.3, 0.4) is 0 Å². The minimum Gasteiger partial charge on any atom is -0.322 e. The van der Waals surface area contributed by atoms with E-state index in [4.69, 9.17) is 0 Å². The Hall–Kier alpha value is -2.71. The molecule has 0 spiro atoms. The van der Waals surface area contributed by atoms with Gasteiger partial charge in [0, 0.05) is 43.5 Å². The third-order valence-corrected chi connectivity index (χ3v) is 7.36. The number of anilines is 2. The summed E-state index contributed by atoms with van der Waals surface area (Å²) in [5.74, 6) is -0.312. The van der Waals surface area contributed by atoms with Crippen LogP contribution in [0, 0.1) is 0 Å². The highest BCUT2D eigenvalue weighted by atomic mass is 32.2. The summed E-state index contributed by atoms with van der Waals surface area (Å²) in [6.45, 7) is 6.61. The fourth-order valence-electron chi connectivity index (χ4n) is 3.70. The highest BCUT2D eigenvalue weighted by Gasteiger charge is 2.22. The van der Waals surface area contributed by atoms with Crippen LogP contribution in [0.15, 0.2) is 47.4 Å². The third kappa shape index (κ3) is 4.39. The zero-order valence-corrected chi connectivity index (χ0v) is 18.3. The van der Waals surface area contributed by atoms with E-state index in [-0.39, 0.29) is 16.7 Å². The molecule has 0 aliphatic carbocycles. The number of hydrogen-bond donors (Lipinski definition) is 1. The average molecular weight is 430 g/mol. The molecular formula is C22H27N3O4S.